The Balaban J connectivity index is 1.65. The lowest BCUT2D eigenvalue weighted by Crippen LogP contribution is -2.63. The van der Waals surface area contributed by atoms with E-state index in [1.807, 2.05) is 27.0 Å². The average molecular weight is 516 g/mol. The zero-order valence-corrected chi connectivity index (χ0v) is 21.1. The number of fused-ring (bicyclic) bond motifs is 1. The van der Waals surface area contributed by atoms with Crippen molar-refractivity contribution in [3.05, 3.63) is 47.1 Å². The third-order valence-electron chi connectivity index (χ3n) is 6.30. The van der Waals surface area contributed by atoms with E-state index in [-0.39, 0.29) is 22.7 Å². The van der Waals surface area contributed by atoms with E-state index in [1.54, 1.807) is 22.5 Å². The van der Waals surface area contributed by atoms with Crippen LogP contribution >= 0.6 is 22.9 Å². The maximum atomic E-state index is 14.0. The molecule has 0 bridgehead atoms. The number of likely N-dealkylation sites (tertiary alicyclic amines) is 1. The molecule has 4 aromatic rings. The van der Waals surface area contributed by atoms with E-state index < -0.39 is 11.9 Å². The normalized spacial score (nSPS) is 18.1. The Kier molecular flexibility index (Phi) is 5.68. The van der Waals surface area contributed by atoms with Crippen LogP contribution in [0, 0.1) is 11.2 Å². The summed E-state index contributed by atoms with van der Waals surface area (Å²) in [6.07, 6.45) is 2.60. The number of hydrogen-bond donors (Lipinski definition) is 1. The largest absolute Gasteiger partial charge is 0.496 e. The SMILES string of the molecule is COc1cc(F)ccc1-c1c(-c2cnn(C3CN(C(=O)O)C3C(C)(C)C)c2)nc(Cl)c2ncsc12. The molecule has 1 amide bonds. The summed E-state index contributed by atoms with van der Waals surface area (Å²) in [6.45, 7) is 6.39. The van der Waals surface area contributed by atoms with Crippen LogP contribution < -0.4 is 4.74 Å². The molecule has 2 unspecified atom stereocenters. The van der Waals surface area contributed by atoms with Crippen LogP contribution in [0.2, 0.25) is 5.15 Å². The van der Waals surface area contributed by atoms with Gasteiger partial charge < -0.3 is 14.7 Å². The van der Waals surface area contributed by atoms with E-state index in [2.05, 4.69) is 15.1 Å². The number of methoxy groups -OCH3 is 1. The number of thiazole rings is 1. The summed E-state index contributed by atoms with van der Waals surface area (Å²) in [5.74, 6) is -0.0509. The van der Waals surface area contributed by atoms with E-state index in [0.717, 1.165) is 10.3 Å². The molecule has 0 saturated carbocycles. The van der Waals surface area contributed by atoms with Gasteiger partial charge in [0.2, 0.25) is 0 Å². The zero-order valence-electron chi connectivity index (χ0n) is 19.5. The van der Waals surface area contributed by atoms with Gasteiger partial charge in [-0.3, -0.25) is 4.68 Å². The van der Waals surface area contributed by atoms with Crippen molar-refractivity contribution in [1.82, 2.24) is 24.6 Å². The molecule has 1 aliphatic rings. The highest BCUT2D eigenvalue weighted by Crippen LogP contribution is 2.45. The van der Waals surface area contributed by atoms with Gasteiger partial charge in [-0.25, -0.2) is 19.2 Å². The molecule has 1 N–H and O–H groups in total. The van der Waals surface area contributed by atoms with Crippen LogP contribution in [0.4, 0.5) is 9.18 Å². The third kappa shape index (κ3) is 3.90. The van der Waals surface area contributed by atoms with Crippen LogP contribution in [-0.2, 0) is 0 Å². The number of benzene rings is 1. The Morgan fingerprint density at radius 2 is 2.11 bits per heavy atom. The first-order chi connectivity index (χ1) is 16.6. The molecule has 1 aromatic carbocycles. The van der Waals surface area contributed by atoms with Gasteiger partial charge >= 0.3 is 6.09 Å². The second-order valence-electron chi connectivity index (χ2n) is 9.52. The van der Waals surface area contributed by atoms with Gasteiger partial charge in [0.15, 0.2) is 5.15 Å². The molecule has 3 aromatic heterocycles. The number of ether oxygens (including phenoxy) is 1. The van der Waals surface area contributed by atoms with Gasteiger partial charge in [0, 0.05) is 35.5 Å². The first kappa shape index (κ1) is 23.5. The molecule has 0 aliphatic carbocycles. The summed E-state index contributed by atoms with van der Waals surface area (Å²) in [7, 11) is 1.49. The maximum absolute atomic E-state index is 14.0. The molecule has 1 fully saturated rings. The van der Waals surface area contributed by atoms with Crippen molar-refractivity contribution in [2.24, 2.45) is 5.41 Å². The minimum Gasteiger partial charge on any atom is -0.496 e. The maximum Gasteiger partial charge on any atom is 0.407 e. The molecule has 1 saturated heterocycles. The van der Waals surface area contributed by atoms with Crippen molar-refractivity contribution >= 4 is 39.2 Å². The lowest BCUT2D eigenvalue weighted by Gasteiger charge is -2.52. The fourth-order valence-corrected chi connectivity index (χ4v) is 5.94. The molecule has 35 heavy (non-hydrogen) atoms. The highest BCUT2D eigenvalue weighted by atomic mass is 35.5. The van der Waals surface area contributed by atoms with Gasteiger partial charge in [-0.15, -0.1) is 11.3 Å². The Hall–Kier alpha value is -3.24. The third-order valence-corrected chi connectivity index (χ3v) is 7.41. The molecule has 182 valence electrons. The number of aromatic nitrogens is 4. The lowest BCUT2D eigenvalue weighted by atomic mass is 9.76. The van der Waals surface area contributed by atoms with Crippen molar-refractivity contribution in [3.63, 3.8) is 0 Å². The molecular formula is C24H23ClFN5O3S. The van der Waals surface area contributed by atoms with E-state index in [0.29, 0.717) is 34.6 Å². The van der Waals surface area contributed by atoms with Gasteiger partial charge in [0.25, 0.3) is 0 Å². The minimum atomic E-state index is -0.941. The quantitative estimate of drug-likeness (QED) is 0.336. The summed E-state index contributed by atoms with van der Waals surface area (Å²) in [5, 5.41) is 14.4. The van der Waals surface area contributed by atoms with Crippen LogP contribution in [0.1, 0.15) is 26.8 Å². The number of carbonyl (C=O) groups is 1. The molecule has 11 heteroatoms. The zero-order chi connectivity index (χ0) is 25.1. The van der Waals surface area contributed by atoms with E-state index in [4.69, 9.17) is 16.3 Å². The van der Waals surface area contributed by atoms with Gasteiger partial charge in [-0.2, -0.15) is 5.10 Å². The predicted octanol–water partition coefficient (Wildman–Crippen LogP) is 5.97. The summed E-state index contributed by atoms with van der Waals surface area (Å²) in [6, 6.07) is 4.00. The van der Waals surface area contributed by atoms with E-state index >= 15 is 0 Å². The summed E-state index contributed by atoms with van der Waals surface area (Å²) in [5.41, 5.74) is 4.60. The molecule has 1 aliphatic heterocycles. The van der Waals surface area contributed by atoms with Crippen molar-refractivity contribution in [3.8, 4) is 28.1 Å². The predicted molar refractivity (Wildman–Crippen MR) is 133 cm³/mol. The number of nitrogens with zero attached hydrogens (tertiary/aromatic N) is 5. The van der Waals surface area contributed by atoms with Crippen molar-refractivity contribution in [1.29, 1.82) is 0 Å². The smallest absolute Gasteiger partial charge is 0.407 e. The first-order valence-electron chi connectivity index (χ1n) is 10.9. The van der Waals surface area contributed by atoms with Crippen LogP contribution in [-0.4, -0.2) is 55.5 Å². The van der Waals surface area contributed by atoms with Crippen LogP contribution in [0.15, 0.2) is 36.1 Å². The lowest BCUT2D eigenvalue weighted by molar-refractivity contribution is -0.0319. The van der Waals surface area contributed by atoms with Gasteiger partial charge in [-0.05, 0) is 17.5 Å². The van der Waals surface area contributed by atoms with Crippen molar-refractivity contribution in [2.75, 3.05) is 13.7 Å². The Morgan fingerprint density at radius 3 is 2.80 bits per heavy atom. The molecule has 0 radical (unpaired) electrons. The molecule has 5 rings (SSSR count). The highest BCUT2D eigenvalue weighted by molar-refractivity contribution is 7.17. The van der Waals surface area contributed by atoms with Gasteiger partial charge in [-0.1, -0.05) is 32.4 Å². The summed E-state index contributed by atoms with van der Waals surface area (Å²) >= 11 is 7.91. The number of rotatable bonds is 4. The second-order valence-corrected chi connectivity index (χ2v) is 10.7. The minimum absolute atomic E-state index is 0.119. The van der Waals surface area contributed by atoms with Crippen LogP contribution in [0.25, 0.3) is 32.6 Å². The first-order valence-corrected chi connectivity index (χ1v) is 12.2. The van der Waals surface area contributed by atoms with Crippen molar-refractivity contribution in [2.45, 2.75) is 32.9 Å². The number of carboxylic acid groups (broad SMARTS) is 1. The molecular weight excluding hydrogens is 493 g/mol. The number of hydrogen-bond acceptors (Lipinski definition) is 6. The fourth-order valence-electron chi connectivity index (χ4n) is 4.81. The Labute approximate surface area is 209 Å². The standard InChI is InChI=1S/C24H23ClFN5O3S/c1-24(2,3)21-15(10-30(21)23(32)33)31-9-12(8-28-31)18-17(14-6-5-13(26)7-16(14)34-4)20-19(22(25)29-18)27-11-35-20/h5-9,11,15,21H,10H2,1-4H3,(H,32,33). The van der Waals surface area contributed by atoms with Gasteiger partial charge in [0.05, 0.1) is 41.3 Å². The summed E-state index contributed by atoms with van der Waals surface area (Å²) < 4.78 is 22.0. The molecule has 4 heterocycles. The molecule has 2 atom stereocenters. The monoisotopic (exact) mass is 515 g/mol. The van der Waals surface area contributed by atoms with E-state index in [9.17, 15) is 14.3 Å². The topological polar surface area (TPSA) is 93.4 Å². The number of amides is 1. The highest BCUT2D eigenvalue weighted by Gasteiger charge is 2.49. The molecule has 0 spiro atoms. The second kappa shape index (κ2) is 8.46. The van der Waals surface area contributed by atoms with Crippen molar-refractivity contribution < 1.29 is 19.0 Å². The Morgan fingerprint density at radius 1 is 1.34 bits per heavy atom. The van der Waals surface area contributed by atoms with Gasteiger partial charge in [0.1, 0.15) is 17.1 Å². The molecule has 8 nitrogen and oxygen atoms in total. The Bertz CT molecular complexity index is 1450. The summed E-state index contributed by atoms with van der Waals surface area (Å²) in [4.78, 5) is 22.1. The fraction of sp³-hybridized carbons (Fsp3) is 0.333. The average Bonchev–Trinajstić information content (AvgIpc) is 3.42. The number of halogens is 2. The van der Waals surface area contributed by atoms with Crippen LogP contribution in [0.5, 0.6) is 5.75 Å². The van der Waals surface area contributed by atoms with Crippen LogP contribution in [0.3, 0.4) is 0 Å². The number of pyridine rings is 1. The van der Waals surface area contributed by atoms with E-state index in [1.165, 1.54) is 35.5 Å².